The third kappa shape index (κ3) is 5.17. The van der Waals surface area contributed by atoms with Crippen LogP contribution in [0.25, 0.3) is 0 Å². The first-order chi connectivity index (χ1) is 7.70. The summed E-state index contributed by atoms with van der Waals surface area (Å²) < 4.78 is 5.70. The summed E-state index contributed by atoms with van der Waals surface area (Å²) >= 11 is 0. The molecule has 1 N–H and O–H groups in total. The molecule has 0 spiro atoms. The molecule has 0 saturated heterocycles. The number of hydrogen-bond donors (Lipinski definition) is 1. The van der Waals surface area contributed by atoms with Gasteiger partial charge in [-0.2, -0.15) is 0 Å². The number of ether oxygens (including phenoxy) is 1. The predicted molar refractivity (Wildman–Crippen MR) is 69.0 cm³/mol. The van der Waals surface area contributed by atoms with Gasteiger partial charge in [-0.05, 0) is 44.0 Å². The molecule has 0 unspecified atom stereocenters. The Labute approximate surface area is 99.0 Å². The molecule has 1 aromatic carbocycles. The van der Waals surface area contributed by atoms with Crippen molar-refractivity contribution in [1.82, 2.24) is 5.32 Å². The Hall–Kier alpha value is -1.02. The van der Waals surface area contributed by atoms with E-state index in [1.165, 1.54) is 5.56 Å². The summed E-state index contributed by atoms with van der Waals surface area (Å²) in [5, 5.41) is 3.41. The van der Waals surface area contributed by atoms with Crippen LogP contribution in [0, 0.1) is 12.8 Å². The molecule has 90 valence electrons. The van der Waals surface area contributed by atoms with Gasteiger partial charge < -0.3 is 10.1 Å². The van der Waals surface area contributed by atoms with Crippen molar-refractivity contribution in [3.63, 3.8) is 0 Å². The third-order valence-corrected chi connectivity index (χ3v) is 2.40. The summed E-state index contributed by atoms with van der Waals surface area (Å²) in [5.41, 5.74) is 1.21. The molecule has 0 bridgehead atoms. The highest BCUT2D eigenvalue weighted by atomic mass is 16.5. The van der Waals surface area contributed by atoms with Crippen LogP contribution >= 0.6 is 0 Å². The van der Waals surface area contributed by atoms with Gasteiger partial charge >= 0.3 is 0 Å². The lowest BCUT2D eigenvalue weighted by molar-refractivity contribution is 0.305. The molecule has 2 heteroatoms. The first kappa shape index (κ1) is 13.0. The average molecular weight is 221 g/mol. The SMILES string of the molecule is Cc1ccccc1OCCCNCC(C)C. The minimum atomic E-state index is 0.720. The van der Waals surface area contributed by atoms with Gasteiger partial charge in [0.25, 0.3) is 0 Å². The van der Waals surface area contributed by atoms with Gasteiger partial charge in [-0.25, -0.2) is 0 Å². The van der Waals surface area contributed by atoms with Crippen LogP contribution < -0.4 is 10.1 Å². The van der Waals surface area contributed by atoms with Crippen molar-refractivity contribution in [2.75, 3.05) is 19.7 Å². The highest BCUT2D eigenvalue weighted by Crippen LogP contribution is 2.15. The molecule has 0 atom stereocenters. The first-order valence-electron chi connectivity index (χ1n) is 6.09. The summed E-state index contributed by atoms with van der Waals surface area (Å²) in [6, 6.07) is 8.15. The fourth-order valence-electron chi connectivity index (χ4n) is 1.49. The van der Waals surface area contributed by atoms with E-state index in [4.69, 9.17) is 4.74 Å². The second-order valence-electron chi connectivity index (χ2n) is 4.57. The second-order valence-corrected chi connectivity index (χ2v) is 4.57. The quantitative estimate of drug-likeness (QED) is 0.715. The van der Waals surface area contributed by atoms with Crippen LogP contribution in [-0.2, 0) is 0 Å². The van der Waals surface area contributed by atoms with Crippen LogP contribution in [0.15, 0.2) is 24.3 Å². The molecule has 2 nitrogen and oxygen atoms in total. The number of para-hydroxylation sites is 1. The van der Waals surface area contributed by atoms with E-state index in [1.807, 2.05) is 18.2 Å². The van der Waals surface area contributed by atoms with Gasteiger partial charge in [0.2, 0.25) is 0 Å². The summed E-state index contributed by atoms with van der Waals surface area (Å²) in [4.78, 5) is 0. The highest BCUT2D eigenvalue weighted by molar-refractivity contribution is 5.31. The average Bonchev–Trinajstić information content (AvgIpc) is 2.25. The number of nitrogens with one attached hydrogen (secondary N) is 1. The fraction of sp³-hybridized carbons (Fsp3) is 0.571. The molecular weight excluding hydrogens is 198 g/mol. The summed E-state index contributed by atoms with van der Waals surface area (Å²) in [7, 11) is 0. The van der Waals surface area contributed by atoms with Crippen molar-refractivity contribution in [1.29, 1.82) is 0 Å². The van der Waals surface area contributed by atoms with Crippen LogP contribution in [-0.4, -0.2) is 19.7 Å². The summed E-state index contributed by atoms with van der Waals surface area (Å²) in [6.45, 7) is 9.42. The minimum absolute atomic E-state index is 0.720. The van der Waals surface area contributed by atoms with Crippen molar-refractivity contribution in [2.45, 2.75) is 27.2 Å². The highest BCUT2D eigenvalue weighted by Gasteiger charge is 1.97. The number of benzene rings is 1. The lowest BCUT2D eigenvalue weighted by atomic mass is 10.2. The molecule has 1 aromatic rings. The lowest BCUT2D eigenvalue weighted by Crippen LogP contribution is -2.22. The van der Waals surface area contributed by atoms with Gasteiger partial charge in [-0.1, -0.05) is 32.0 Å². The van der Waals surface area contributed by atoms with Gasteiger partial charge in [0.1, 0.15) is 5.75 Å². The number of rotatable bonds is 7. The van der Waals surface area contributed by atoms with E-state index in [9.17, 15) is 0 Å². The maximum absolute atomic E-state index is 5.70. The zero-order valence-electron chi connectivity index (χ0n) is 10.6. The van der Waals surface area contributed by atoms with Crippen LogP contribution in [0.5, 0.6) is 5.75 Å². The third-order valence-electron chi connectivity index (χ3n) is 2.40. The first-order valence-corrected chi connectivity index (χ1v) is 6.09. The summed E-state index contributed by atoms with van der Waals surface area (Å²) in [5.74, 6) is 1.73. The van der Waals surface area contributed by atoms with Gasteiger partial charge in [-0.3, -0.25) is 0 Å². The molecule has 1 rings (SSSR count). The smallest absolute Gasteiger partial charge is 0.122 e. The molecule has 0 aliphatic heterocycles. The van der Waals surface area contributed by atoms with E-state index in [2.05, 4.69) is 32.2 Å². The molecule has 0 fully saturated rings. The Morgan fingerprint density at radius 1 is 1.25 bits per heavy atom. The maximum atomic E-state index is 5.70. The lowest BCUT2D eigenvalue weighted by Gasteiger charge is -2.10. The van der Waals surface area contributed by atoms with Crippen LogP contribution in [0.4, 0.5) is 0 Å². The monoisotopic (exact) mass is 221 g/mol. The van der Waals surface area contributed by atoms with Crippen LogP contribution in [0.2, 0.25) is 0 Å². The van der Waals surface area contributed by atoms with E-state index in [0.717, 1.165) is 37.8 Å². The Morgan fingerprint density at radius 2 is 2.00 bits per heavy atom. The van der Waals surface area contributed by atoms with E-state index < -0.39 is 0 Å². The van der Waals surface area contributed by atoms with E-state index in [1.54, 1.807) is 0 Å². The Balaban J connectivity index is 2.10. The molecule has 0 saturated carbocycles. The molecule has 0 radical (unpaired) electrons. The zero-order valence-corrected chi connectivity index (χ0v) is 10.6. The van der Waals surface area contributed by atoms with Gasteiger partial charge in [-0.15, -0.1) is 0 Å². The van der Waals surface area contributed by atoms with Crippen molar-refractivity contribution in [3.05, 3.63) is 29.8 Å². The van der Waals surface area contributed by atoms with Crippen molar-refractivity contribution in [3.8, 4) is 5.75 Å². The van der Waals surface area contributed by atoms with Gasteiger partial charge in [0.05, 0.1) is 6.61 Å². The molecular formula is C14H23NO. The minimum Gasteiger partial charge on any atom is -0.493 e. The van der Waals surface area contributed by atoms with Crippen LogP contribution in [0.1, 0.15) is 25.8 Å². The maximum Gasteiger partial charge on any atom is 0.122 e. The molecule has 0 heterocycles. The summed E-state index contributed by atoms with van der Waals surface area (Å²) in [6.07, 6.45) is 1.06. The largest absolute Gasteiger partial charge is 0.493 e. The van der Waals surface area contributed by atoms with Gasteiger partial charge in [0, 0.05) is 0 Å². The fourth-order valence-corrected chi connectivity index (χ4v) is 1.49. The molecule has 0 aliphatic carbocycles. The van der Waals surface area contributed by atoms with E-state index in [0.29, 0.717) is 0 Å². The predicted octanol–water partition coefficient (Wildman–Crippen LogP) is 3.01. The molecule has 16 heavy (non-hydrogen) atoms. The van der Waals surface area contributed by atoms with Crippen LogP contribution in [0.3, 0.4) is 0 Å². The van der Waals surface area contributed by atoms with E-state index >= 15 is 0 Å². The van der Waals surface area contributed by atoms with Crippen molar-refractivity contribution in [2.24, 2.45) is 5.92 Å². The van der Waals surface area contributed by atoms with Gasteiger partial charge in [0.15, 0.2) is 0 Å². The second kappa shape index (κ2) is 7.29. The van der Waals surface area contributed by atoms with Crippen molar-refractivity contribution >= 4 is 0 Å². The Morgan fingerprint density at radius 3 is 2.69 bits per heavy atom. The van der Waals surface area contributed by atoms with Crippen molar-refractivity contribution < 1.29 is 4.74 Å². The normalized spacial score (nSPS) is 10.8. The topological polar surface area (TPSA) is 21.3 Å². The molecule has 0 aromatic heterocycles. The zero-order chi connectivity index (χ0) is 11.8. The molecule has 0 amide bonds. The number of hydrogen-bond acceptors (Lipinski definition) is 2. The Kier molecular flexibility index (Phi) is 5.94. The van der Waals surface area contributed by atoms with E-state index in [-0.39, 0.29) is 0 Å². The Bertz CT molecular complexity index is 297. The molecule has 0 aliphatic rings. The number of aryl methyl sites for hydroxylation is 1. The standard InChI is InChI=1S/C14H23NO/c1-12(2)11-15-9-6-10-16-14-8-5-4-7-13(14)3/h4-5,7-8,12,15H,6,9-11H2,1-3H3.